The average molecular weight is 568 g/mol. The topological polar surface area (TPSA) is 49.7 Å². The van der Waals surface area contributed by atoms with Crippen LogP contribution in [0.25, 0.3) is 0 Å². The fraction of sp³-hybridized carbons (Fsp3) is 0.129. The largest absolute Gasteiger partial charge is 0.274 e. The Labute approximate surface area is 227 Å². The highest BCUT2D eigenvalue weighted by Gasteiger charge is 2.68. The number of aliphatic imine (C=N–C) groups is 1. The van der Waals surface area contributed by atoms with Gasteiger partial charge in [0, 0.05) is 16.6 Å². The van der Waals surface area contributed by atoms with Crippen LogP contribution in [-0.4, -0.2) is 18.0 Å². The molecule has 4 nitrogen and oxygen atoms in total. The van der Waals surface area contributed by atoms with E-state index in [9.17, 15) is 9.59 Å². The molecule has 0 radical (unpaired) electrons. The molecule has 0 N–H and O–H groups in total. The molecule has 8 rings (SSSR count). The van der Waals surface area contributed by atoms with Gasteiger partial charge in [0.1, 0.15) is 0 Å². The van der Waals surface area contributed by atoms with E-state index in [1.54, 1.807) is 24.3 Å². The lowest BCUT2D eigenvalue weighted by atomic mass is 9.47. The van der Waals surface area contributed by atoms with E-state index in [1.807, 2.05) is 54.7 Å². The van der Waals surface area contributed by atoms with E-state index in [0.717, 1.165) is 32.4 Å². The molecule has 2 amide bonds. The molecule has 0 unspecified atom stereocenters. The maximum atomic E-state index is 14.4. The van der Waals surface area contributed by atoms with Crippen LogP contribution in [-0.2, 0) is 15.0 Å². The number of carbonyl (C=O) groups excluding carboxylic acids is 2. The zero-order valence-corrected chi connectivity index (χ0v) is 21.9. The first-order chi connectivity index (χ1) is 18.0. The molecule has 4 aliphatic rings. The summed E-state index contributed by atoms with van der Waals surface area (Å²) in [6.45, 7) is 0. The summed E-state index contributed by atoms with van der Waals surface area (Å²) >= 11 is 9.99. The highest BCUT2D eigenvalue weighted by atomic mass is 79.9. The van der Waals surface area contributed by atoms with Crippen molar-refractivity contribution in [2.24, 2.45) is 16.8 Å². The number of para-hydroxylation sites is 1. The summed E-state index contributed by atoms with van der Waals surface area (Å²) in [7, 11) is 0. The Morgan fingerprint density at radius 2 is 1.38 bits per heavy atom. The van der Waals surface area contributed by atoms with Gasteiger partial charge in [0.2, 0.25) is 11.8 Å². The fourth-order valence-corrected chi connectivity index (χ4v) is 7.11. The maximum absolute atomic E-state index is 14.4. The number of anilines is 1. The molecule has 6 heteroatoms. The third kappa shape index (κ3) is 3.04. The van der Waals surface area contributed by atoms with Crippen LogP contribution in [0.1, 0.15) is 28.2 Å². The van der Waals surface area contributed by atoms with Gasteiger partial charge in [-0.2, -0.15) is 0 Å². The molecule has 1 saturated heterocycles. The minimum Gasteiger partial charge on any atom is -0.274 e. The van der Waals surface area contributed by atoms with Gasteiger partial charge in [-0.1, -0.05) is 88.2 Å². The van der Waals surface area contributed by atoms with Gasteiger partial charge in [0.15, 0.2) is 0 Å². The fourth-order valence-electron chi connectivity index (χ4n) is 6.62. The minimum absolute atomic E-state index is 0.210. The molecule has 3 aliphatic carbocycles. The minimum atomic E-state index is -0.900. The van der Waals surface area contributed by atoms with Crippen molar-refractivity contribution in [1.82, 2.24) is 0 Å². The van der Waals surface area contributed by atoms with Crippen molar-refractivity contribution in [3.8, 4) is 0 Å². The monoisotopic (exact) mass is 566 g/mol. The van der Waals surface area contributed by atoms with Gasteiger partial charge < -0.3 is 0 Å². The number of amides is 2. The lowest BCUT2D eigenvalue weighted by molar-refractivity contribution is -0.122. The molecule has 0 saturated carbocycles. The third-order valence-electron chi connectivity index (χ3n) is 8.02. The second kappa shape index (κ2) is 8.23. The van der Waals surface area contributed by atoms with Crippen molar-refractivity contribution in [2.75, 3.05) is 4.90 Å². The van der Waals surface area contributed by atoms with Crippen molar-refractivity contribution in [3.05, 3.63) is 129 Å². The van der Waals surface area contributed by atoms with E-state index < -0.39 is 17.3 Å². The average Bonchev–Trinajstić information content (AvgIpc) is 3.19. The Morgan fingerprint density at radius 3 is 2.03 bits per heavy atom. The molecule has 4 aromatic rings. The zero-order chi connectivity index (χ0) is 25.3. The highest BCUT2D eigenvalue weighted by molar-refractivity contribution is 9.10. The van der Waals surface area contributed by atoms with Crippen LogP contribution < -0.4 is 4.90 Å². The van der Waals surface area contributed by atoms with Crippen molar-refractivity contribution < 1.29 is 9.59 Å². The smallest absolute Gasteiger partial charge is 0.239 e. The van der Waals surface area contributed by atoms with E-state index in [-0.39, 0.29) is 17.7 Å². The summed E-state index contributed by atoms with van der Waals surface area (Å²) in [6, 6.07) is 31.1. The summed E-state index contributed by atoms with van der Waals surface area (Å²) in [5, 5.41) is 0.378. The molecule has 2 bridgehead atoms. The Balaban J connectivity index is 1.51. The molecule has 2 atom stereocenters. The lowest BCUT2D eigenvalue weighted by Crippen LogP contribution is -2.54. The normalized spacial score (nSPS) is 25.4. The molecule has 180 valence electrons. The quantitative estimate of drug-likeness (QED) is 0.197. The summed E-state index contributed by atoms with van der Waals surface area (Å²) in [5.74, 6) is -1.85. The molecule has 1 fully saturated rings. The number of nitrogens with zero attached hydrogens (tertiary/aromatic N) is 2. The first kappa shape index (κ1) is 22.6. The molecule has 4 aromatic carbocycles. The summed E-state index contributed by atoms with van der Waals surface area (Å²) in [5.41, 5.74) is 4.52. The summed E-state index contributed by atoms with van der Waals surface area (Å²) < 4.78 is 0.963. The number of hydrogen-bond acceptors (Lipinski definition) is 3. The van der Waals surface area contributed by atoms with Gasteiger partial charge in [-0.25, -0.2) is 4.90 Å². The predicted octanol–water partition coefficient (Wildman–Crippen LogP) is 7.06. The molecule has 37 heavy (non-hydrogen) atoms. The van der Waals surface area contributed by atoms with Crippen LogP contribution in [0.3, 0.4) is 0 Å². The van der Waals surface area contributed by atoms with Crippen LogP contribution in [0.4, 0.5) is 11.4 Å². The molecule has 0 aromatic heterocycles. The van der Waals surface area contributed by atoms with E-state index in [0.29, 0.717) is 10.7 Å². The molecular formula is C31H20BrClN2O2. The predicted molar refractivity (Wildman–Crippen MR) is 149 cm³/mol. The first-order valence-corrected chi connectivity index (χ1v) is 13.3. The van der Waals surface area contributed by atoms with Gasteiger partial charge in [-0.05, 0) is 58.7 Å². The van der Waals surface area contributed by atoms with Crippen LogP contribution in [0.15, 0.2) is 107 Å². The van der Waals surface area contributed by atoms with Gasteiger partial charge in [0.25, 0.3) is 0 Å². The van der Waals surface area contributed by atoms with Gasteiger partial charge >= 0.3 is 0 Å². The molecular weight excluding hydrogens is 548 g/mol. The zero-order valence-electron chi connectivity index (χ0n) is 19.5. The lowest BCUT2D eigenvalue weighted by Gasteiger charge is -2.52. The van der Waals surface area contributed by atoms with Crippen molar-refractivity contribution in [1.29, 1.82) is 0 Å². The Kier molecular flexibility index (Phi) is 5.04. The van der Waals surface area contributed by atoms with E-state index in [2.05, 4.69) is 40.2 Å². The van der Waals surface area contributed by atoms with Gasteiger partial charge in [-0.3, -0.25) is 14.6 Å². The SMILES string of the molecule is O=C1[C@@H]2C3c4ccccc4C(C=Nc4ccc(Br)cc4)(c4ccccc43)[C@H]2C(=O)N1c1ccccc1Cl. The van der Waals surface area contributed by atoms with Gasteiger partial charge in [0.05, 0.1) is 33.6 Å². The molecule has 1 heterocycles. The van der Waals surface area contributed by atoms with Gasteiger partial charge in [-0.15, -0.1) is 0 Å². The van der Waals surface area contributed by atoms with Crippen LogP contribution in [0, 0.1) is 11.8 Å². The van der Waals surface area contributed by atoms with Crippen molar-refractivity contribution in [2.45, 2.75) is 11.3 Å². The van der Waals surface area contributed by atoms with E-state index in [1.165, 1.54) is 4.90 Å². The molecule has 0 spiro atoms. The number of carbonyl (C=O) groups is 2. The summed E-state index contributed by atoms with van der Waals surface area (Å²) in [6.07, 6.45) is 1.90. The maximum Gasteiger partial charge on any atom is 0.239 e. The number of rotatable bonds is 3. The van der Waals surface area contributed by atoms with Crippen molar-refractivity contribution in [3.63, 3.8) is 0 Å². The summed E-state index contributed by atoms with van der Waals surface area (Å²) in [4.78, 5) is 34.7. The van der Waals surface area contributed by atoms with Crippen LogP contribution in [0.2, 0.25) is 5.02 Å². The Hall–Kier alpha value is -3.54. The van der Waals surface area contributed by atoms with E-state index in [4.69, 9.17) is 16.6 Å². The second-order valence-electron chi connectivity index (χ2n) is 9.72. The van der Waals surface area contributed by atoms with E-state index >= 15 is 0 Å². The number of hydrogen-bond donors (Lipinski definition) is 0. The highest BCUT2D eigenvalue weighted by Crippen LogP contribution is 2.64. The third-order valence-corrected chi connectivity index (χ3v) is 8.87. The Morgan fingerprint density at radius 1 is 0.784 bits per heavy atom. The van der Waals surface area contributed by atoms with Crippen LogP contribution >= 0.6 is 27.5 Å². The van der Waals surface area contributed by atoms with Crippen molar-refractivity contribution >= 4 is 56.9 Å². The number of imide groups is 1. The Bertz CT molecular complexity index is 1580. The number of benzene rings is 4. The van der Waals surface area contributed by atoms with Crippen LogP contribution in [0.5, 0.6) is 0 Å². The first-order valence-electron chi connectivity index (χ1n) is 12.1. The standard InChI is InChI=1S/C31H20BrClN2O2/c32-18-13-15-19(16-14-18)34-17-31-22-9-3-1-7-20(22)26(21-8-2-4-10-23(21)31)27-28(31)30(37)35(29(27)36)25-12-6-5-11-24(25)33/h1-17,26-28H/t26?,27-,28-,31?/m1/s1. The molecule has 1 aliphatic heterocycles. The number of halogens is 2. The second-order valence-corrected chi connectivity index (χ2v) is 11.0.